The molecule has 0 bridgehead atoms. The second-order valence-electron chi connectivity index (χ2n) is 6.57. The monoisotopic (exact) mass is 564 g/mol. The number of hydrogen-bond donors (Lipinski definition) is 1. The van der Waals surface area contributed by atoms with E-state index in [0.717, 1.165) is 11.1 Å². The van der Waals surface area contributed by atoms with Crippen molar-refractivity contribution in [2.45, 2.75) is 40.8 Å². The normalized spacial score (nSPS) is 10.3. The highest BCUT2D eigenvalue weighted by atomic mass is 35.5. The van der Waals surface area contributed by atoms with Crippen LogP contribution in [-0.4, -0.2) is 36.6 Å². The van der Waals surface area contributed by atoms with Gasteiger partial charge in [0.05, 0.1) is 19.8 Å². The zero-order chi connectivity index (χ0) is 27.0. The predicted molar refractivity (Wildman–Crippen MR) is 142 cm³/mol. The quantitative estimate of drug-likeness (QED) is 0.246. The number of benzene rings is 2. The van der Waals surface area contributed by atoms with E-state index in [1.807, 2.05) is 6.07 Å². The number of nitrogens with two attached hydrogens (primary N) is 1. The average Bonchev–Trinajstić information content (AvgIpc) is 2.79. The predicted octanol–water partition coefficient (Wildman–Crippen LogP) is 6.11. The summed E-state index contributed by atoms with van der Waals surface area (Å²) < 4.78 is 9.13. The molecule has 2 N–H and O–H groups in total. The maximum atomic E-state index is 11.3. The summed E-state index contributed by atoms with van der Waals surface area (Å²) in [6.45, 7) is 7.59. The molecule has 0 unspecified atom stereocenters. The van der Waals surface area contributed by atoms with Crippen LogP contribution in [0.3, 0.4) is 0 Å². The first-order chi connectivity index (χ1) is 16.5. The number of carbonyl (C=O) groups excluding carboxylic acids is 3. The van der Waals surface area contributed by atoms with Gasteiger partial charge in [-0.15, -0.1) is 0 Å². The molecule has 2 rings (SSSR count). The van der Waals surface area contributed by atoms with E-state index in [1.54, 1.807) is 51.1 Å². The highest BCUT2D eigenvalue weighted by Gasteiger charge is 2.07. The number of ether oxygens (including phenoxy) is 2. The molecule has 35 heavy (non-hydrogen) atoms. The van der Waals surface area contributed by atoms with E-state index < -0.39 is 17.7 Å². The second-order valence-corrected chi connectivity index (χ2v) is 8.26. The molecule has 0 saturated carbocycles. The first-order valence-corrected chi connectivity index (χ1v) is 11.9. The summed E-state index contributed by atoms with van der Waals surface area (Å²) in [5.74, 6) is -1.71. The largest absolute Gasteiger partial charge is 0.462 e. The molecule has 2 aromatic carbocycles. The minimum atomic E-state index is -0.757. The maximum Gasteiger partial charge on any atom is 0.374 e. The molecular formula is C24H28Cl4N2O5. The van der Waals surface area contributed by atoms with Crippen LogP contribution in [0.15, 0.2) is 41.4 Å². The highest BCUT2D eigenvalue weighted by Crippen LogP contribution is 2.22. The van der Waals surface area contributed by atoms with Crippen molar-refractivity contribution in [2.24, 2.45) is 10.7 Å². The van der Waals surface area contributed by atoms with E-state index in [0.29, 0.717) is 45.5 Å². The van der Waals surface area contributed by atoms with Crippen LogP contribution in [0.1, 0.15) is 38.8 Å². The van der Waals surface area contributed by atoms with Crippen LogP contribution in [0.25, 0.3) is 0 Å². The molecule has 11 heteroatoms. The lowest BCUT2D eigenvalue weighted by atomic mass is 10.2. The lowest BCUT2D eigenvalue weighted by Crippen LogP contribution is -2.14. The summed E-state index contributed by atoms with van der Waals surface area (Å²) in [5.41, 5.74) is 7.45. The third kappa shape index (κ3) is 14.1. The minimum absolute atomic E-state index is 0.262. The maximum absolute atomic E-state index is 11.3. The van der Waals surface area contributed by atoms with Gasteiger partial charge in [0.15, 0.2) is 0 Å². The zero-order valence-corrected chi connectivity index (χ0v) is 22.9. The van der Waals surface area contributed by atoms with Crippen molar-refractivity contribution in [2.75, 3.05) is 13.2 Å². The number of halogens is 4. The van der Waals surface area contributed by atoms with Crippen LogP contribution in [0, 0.1) is 0 Å². The summed E-state index contributed by atoms with van der Waals surface area (Å²) >= 11 is 23.2. The molecular weight excluding hydrogens is 538 g/mol. The van der Waals surface area contributed by atoms with Crippen LogP contribution in [-0.2, 0) is 36.9 Å². The van der Waals surface area contributed by atoms with Crippen molar-refractivity contribution >= 4 is 69.8 Å². The fourth-order valence-electron chi connectivity index (χ4n) is 2.07. The Balaban J connectivity index is 0.000000545. The third-order valence-corrected chi connectivity index (χ3v) is 5.04. The lowest BCUT2D eigenvalue weighted by Gasteiger charge is -2.03. The molecule has 192 valence electrons. The minimum Gasteiger partial charge on any atom is -0.462 e. The lowest BCUT2D eigenvalue weighted by molar-refractivity contribution is -0.152. The number of Topliss-reactive ketones (excluding diaryl/α,β-unsaturated/α-hetero) is 1. The van der Waals surface area contributed by atoms with Gasteiger partial charge in [0.2, 0.25) is 5.78 Å². The zero-order valence-electron chi connectivity index (χ0n) is 19.9. The molecule has 0 aromatic heterocycles. The van der Waals surface area contributed by atoms with Gasteiger partial charge in [0.25, 0.3) is 0 Å². The smallest absolute Gasteiger partial charge is 0.374 e. The van der Waals surface area contributed by atoms with E-state index in [-0.39, 0.29) is 6.61 Å². The molecule has 0 spiro atoms. The molecule has 2 aromatic rings. The van der Waals surface area contributed by atoms with Crippen molar-refractivity contribution in [3.8, 4) is 0 Å². The SMILES string of the molecule is CCOC(=O)C(C)=NCc1ccc(Cl)cc1Cl.CCOC(=O)C(C)=O.NCc1ccc(Cl)cc1Cl. The van der Waals surface area contributed by atoms with Gasteiger partial charge < -0.3 is 15.2 Å². The van der Waals surface area contributed by atoms with Gasteiger partial charge in [-0.1, -0.05) is 58.5 Å². The number of carbonyl (C=O) groups is 3. The topological polar surface area (TPSA) is 108 Å². The third-order valence-electron chi connectivity index (χ3n) is 3.87. The fourth-order valence-corrected chi connectivity index (χ4v) is 3.03. The molecule has 0 radical (unpaired) electrons. The van der Waals surface area contributed by atoms with Crippen LogP contribution >= 0.6 is 46.4 Å². The first kappa shape index (κ1) is 32.8. The molecule has 0 aliphatic heterocycles. The molecule has 0 aliphatic carbocycles. The van der Waals surface area contributed by atoms with Crippen molar-refractivity contribution in [1.82, 2.24) is 0 Å². The van der Waals surface area contributed by atoms with Gasteiger partial charge in [-0.05, 0) is 56.2 Å². The molecule has 0 heterocycles. The van der Waals surface area contributed by atoms with Crippen molar-refractivity contribution < 1.29 is 23.9 Å². The standard InChI is InChI=1S/C12H13Cl2NO2.C7H7Cl2N.C5H8O3/c1-3-17-12(16)8(2)15-7-9-4-5-10(13)6-11(9)14;8-6-2-1-5(4-10)7(9)3-6;1-3-8-5(7)4(2)6/h4-6H,3,7H2,1-2H3;1-3H,4,10H2;3H2,1-2H3. The van der Waals surface area contributed by atoms with Crippen molar-refractivity contribution in [1.29, 1.82) is 0 Å². The van der Waals surface area contributed by atoms with E-state index in [9.17, 15) is 14.4 Å². The van der Waals surface area contributed by atoms with Crippen molar-refractivity contribution in [3.63, 3.8) is 0 Å². The summed E-state index contributed by atoms with van der Waals surface area (Å²) in [6.07, 6.45) is 0. The Labute approximate surface area is 225 Å². The van der Waals surface area contributed by atoms with Gasteiger partial charge in [-0.3, -0.25) is 9.79 Å². The number of esters is 2. The second kappa shape index (κ2) is 18.2. The summed E-state index contributed by atoms with van der Waals surface area (Å²) in [4.78, 5) is 35.6. The first-order valence-electron chi connectivity index (χ1n) is 10.4. The van der Waals surface area contributed by atoms with Crippen LogP contribution in [0.4, 0.5) is 0 Å². The molecule has 0 fully saturated rings. The van der Waals surface area contributed by atoms with E-state index in [2.05, 4.69) is 9.73 Å². The van der Waals surface area contributed by atoms with Crippen LogP contribution in [0.2, 0.25) is 20.1 Å². The molecule has 0 atom stereocenters. The number of rotatable bonds is 7. The van der Waals surface area contributed by atoms with Gasteiger partial charge in [-0.2, -0.15) is 0 Å². The average molecular weight is 566 g/mol. The Morgan fingerprint density at radius 1 is 0.800 bits per heavy atom. The van der Waals surface area contributed by atoms with Crippen LogP contribution < -0.4 is 5.73 Å². The molecule has 0 amide bonds. The van der Waals surface area contributed by atoms with Gasteiger partial charge >= 0.3 is 11.9 Å². The van der Waals surface area contributed by atoms with Gasteiger partial charge in [0.1, 0.15) is 5.71 Å². The Morgan fingerprint density at radius 2 is 1.26 bits per heavy atom. The van der Waals surface area contributed by atoms with E-state index in [1.165, 1.54) is 6.92 Å². The number of aliphatic imine (C=N–C) groups is 1. The molecule has 7 nitrogen and oxygen atoms in total. The number of nitrogens with zero attached hydrogens (tertiary/aromatic N) is 1. The Morgan fingerprint density at radius 3 is 1.63 bits per heavy atom. The number of ketones is 1. The molecule has 0 saturated heterocycles. The number of hydrogen-bond acceptors (Lipinski definition) is 7. The summed E-state index contributed by atoms with van der Waals surface area (Å²) in [5, 5.41) is 2.39. The Bertz CT molecular complexity index is 1030. The Hall–Kier alpha value is -2.16. The van der Waals surface area contributed by atoms with Gasteiger partial charge in [-0.25, -0.2) is 9.59 Å². The van der Waals surface area contributed by atoms with Gasteiger partial charge in [0, 0.05) is 33.6 Å². The molecule has 0 aliphatic rings. The Kier molecular flexibility index (Phi) is 17.0. The summed E-state index contributed by atoms with van der Waals surface area (Å²) in [7, 11) is 0. The summed E-state index contributed by atoms with van der Waals surface area (Å²) in [6, 6.07) is 10.4. The van der Waals surface area contributed by atoms with Crippen LogP contribution in [0.5, 0.6) is 0 Å². The highest BCUT2D eigenvalue weighted by molar-refractivity contribution is 6.36. The van der Waals surface area contributed by atoms with E-state index in [4.69, 9.17) is 56.9 Å². The fraction of sp³-hybridized carbons (Fsp3) is 0.333. The van der Waals surface area contributed by atoms with Crippen molar-refractivity contribution in [3.05, 3.63) is 67.6 Å². The van der Waals surface area contributed by atoms with E-state index >= 15 is 0 Å².